The molecule has 1 N–H and O–H groups in total. The second-order valence-corrected chi connectivity index (χ2v) is 5.58. The smallest absolute Gasteiger partial charge is 0.260 e. The van der Waals surface area contributed by atoms with Gasteiger partial charge in [0.2, 0.25) is 0 Å². The molecule has 2 aromatic rings. The molecule has 1 aliphatic heterocycles. The predicted octanol–water partition coefficient (Wildman–Crippen LogP) is 1.88. The topological polar surface area (TPSA) is 85.0 Å². The van der Waals surface area contributed by atoms with Crippen LogP contribution in [0.15, 0.2) is 28.8 Å². The second-order valence-electron chi connectivity index (χ2n) is 5.58. The number of ether oxygens (including phenoxy) is 2. The van der Waals surface area contributed by atoms with Crippen molar-refractivity contribution in [2.45, 2.75) is 13.0 Å². The largest absolute Gasteiger partial charge is 0.497 e. The molecule has 1 fully saturated rings. The summed E-state index contributed by atoms with van der Waals surface area (Å²) < 4.78 is 15.7. The monoisotopic (exact) mass is 332 g/mol. The van der Waals surface area contributed by atoms with Crippen LogP contribution in [0.2, 0.25) is 0 Å². The number of carbonyl (C=O) groups is 1. The Bertz CT molecular complexity index is 702. The molecular formula is C17H20N2O5. The molecule has 2 heterocycles. The average Bonchev–Trinajstić information content (AvgIpc) is 3.07. The van der Waals surface area contributed by atoms with Crippen molar-refractivity contribution in [2.75, 3.05) is 33.4 Å². The van der Waals surface area contributed by atoms with Gasteiger partial charge in [-0.2, -0.15) is 0 Å². The first-order valence-electron chi connectivity index (χ1n) is 7.81. The van der Waals surface area contributed by atoms with Gasteiger partial charge in [-0.25, -0.2) is 0 Å². The number of amides is 1. The lowest BCUT2D eigenvalue weighted by molar-refractivity contribution is 0.0298. The lowest BCUT2D eigenvalue weighted by atomic mass is 10.0. The first-order chi connectivity index (χ1) is 11.6. The van der Waals surface area contributed by atoms with Gasteiger partial charge in [-0.1, -0.05) is 5.16 Å². The molecule has 0 unspecified atom stereocenters. The molecule has 7 heteroatoms. The molecule has 1 aromatic carbocycles. The molecule has 3 rings (SSSR count). The van der Waals surface area contributed by atoms with Crippen molar-refractivity contribution in [3.05, 3.63) is 35.6 Å². The van der Waals surface area contributed by atoms with E-state index in [1.54, 1.807) is 43.2 Å². The normalized spacial score (nSPS) is 16.0. The number of hydrogen-bond donors (Lipinski definition) is 1. The molecule has 7 nitrogen and oxygen atoms in total. The van der Waals surface area contributed by atoms with E-state index in [4.69, 9.17) is 14.0 Å². The first-order valence-corrected chi connectivity index (χ1v) is 7.81. The highest BCUT2D eigenvalue weighted by Gasteiger charge is 2.30. The highest BCUT2D eigenvalue weighted by Crippen LogP contribution is 2.31. The van der Waals surface area contributed by atoms with Crippen LogP contribution in [0.5, 0.6) is 5.75 Å². The van der Waals surface area contributed by atoms with Crippen molar-refractivity contribution in [3.8, 4) is 17.0 Å². The van der Waals surface area contributed by atoms with E-state index in [1.807, 2.05) is 0 Å². The molecule has 24 heavy (non-hydrogen) atoms. The number of aliphatic hydroxyl groups is 1. The Labute approximate surface area is 139 Å². The van der Waals surface area contributed by atoms with Gasteiger partial charge in [0.15, 0.2) is 5.76 Å². The van der Waals surface area contributed by atoms with Crippen molar-refractivity contribution in [1.82, 2.24) is 10.1 Å². The molecule has 0 saturated carbocycles. The van der Waals surface area contributed by atoms with Crippen LogP contribution in [0, 0.1) is 0 Å². The molecule has 1 amide bonds. The zero-order valence-corrected chi connectivity index (χ0v) is 13.7. The minimum Gasteiger partial charge on any atom is -0.497 e. The fourth-order valence-corrected chi connectivity index (χ4v) is 2.67. The number of benzene rings is 1. The molecule has 128 valence electrons. The SMILES string of the molecule is COc1ccc(-c2noc([C@H](C)O)c2C(=O)N2CCOCC2)cc1. The van der Waals surface area contributed by atoms with Crippen LogP contribution < -0.4 is 4.74 Å². The van der Waals surface area contributed by atoms with Crippen molar-refractivity contribution >= 4 is 5.91 Å². The number of morpholine rings is 1. The number of nitrogens with zero attached hydrogens (tertiary/aromatic N) is 2. The Morgan fingerprint density at radius 1 is 1.29 bits per heavy atom. The molecular weight excluding hydrogens is 312 g/mol. The zero-order valence-electron chi connectivity index (χ0n) is 13.7. The van der Waals surface area contributed by atoms with E-state index in [0.29, 0.717) is 43.3 Å². The highest BCUT2D eigenvalue weighted by molar-refractivity contribution is 6.01. The molecule has 1 saturated heterocycles. The van der Waals surface area contributed by atoms with Crippen LogP contribution in [0.3, 0.4) is 0 Å². The Morgan fingerprint density at radius 3 is 2.54 bits per heavy atom. The van der Waals surface area contributed by atoms with E-state index < -0.39 is 6.10 Å². The Kier molecular flexibility index (Phi) is 4.82. The zero-order chi connectivity index (χ0) is 17.1. The van der Waals surface area contributed by atoms with Crippen LogP contribution in [0.25, 0.3) is 11.3 Å². The van der Waals surface area contributed by atoms with Gasteiger partial charge in [-0.3, -0.25) is 4.79 Å². The minimum atomic E-state index is -0.926. The molecule has 0 spiro atoms. The quantitative estimate of drug-likeness (QED) is 0.920. The van der Waals surface area contributed by atoms with Gasteiger partial charge >= 0.3 is 0 Å². The van der Waals surface area contributed by atoms with E-state index in [1.165, 1.54) is 0 Å². The van der Waals surface area contributed by atoms with Crippen molar-refractivity contribution in [3.63, 3.8) is 0 Å². The Balaban J connectivity index is 2.01. The van der Waals surface area contributed by atoms with Gasteiger partial charge in [0.05, 0.1) is 20.3 Å². The maximum absolute atomic E-state index is 12.9. The number of aliphatic hydroxyl groups excluding tert-OH is 1. The van der Waals surface area contributed by atoms with Crippen LogP contribution in [0.4, 0.5) is 0 Å². The lowest BCUT2D eigenvalue weighted by Gasteiger charge is -2.27. The Hall–Kier alpha value is -2.38. The van der Waals surface area contributed by atoms with Gasteiger partial charge in [0.25, 0.3) is 5.91 Å². The van der Waals surface area contributed by atoms with Gasteiger partial charge in [0.1, 0.15) is 23.1 Å². The molecule has 1 aromatic heterocycles. The lowest BCUT2D eigenvalue weighted by Crippen LogP contribution is -2.41. The van der Waals surface area contributed by atoms with Crippen molar-refractivity contribution in [2.24, 2.45) is 0 Å². The highest BCUT2D eigenvalue weighted by atomic mass is 16.5. The number of rotatable bonds is 4. The standard InChI is InChI=1S/C17H20N2O5/c1-11(20)16-14(17(21)19-7-9-23-10-8-19)15(18-24-16)12-3-5-13(22-2)6-4-12/h3-6,11,20H,7-10H2,1-2H3/t11-/m0/s1. The fourth-order valence-electron chi connectivity index (χ4n) is 2.67. The van der Waals surface area contributed by atoms with Crippen LogP contribution in [0.1, 0.15) is 29.1 Å². The van der Waals surface area contributed by atoms with Gasteiger partial charge in [0, 0.05) is 18.7 Å². The Morgan fingerprint density at radius 2 is 1.96 bits per heavy atom. The van der Waals surface area contributed by atoms with Gasteiger partial charge in [-0.05, 0) is 31.2 Å². The van der Waals surface area contributed by atoms with Crippen LogP contribution in [-0.4, -0.2) is 54.5 Å². The van der Waals surface area contributed by atoms with Gasteiger partial charge in [-0.15, -0.1) is 0 Å². The summed E-state index contributed by atoms with van der Waals surface area (Å²) in [5.41, 5.74) is 1.45. The summed E-state index contributed by atoms with van der Waals surface area (Å²) in [5.74, 6) is 0.678. The van der Waals surface area contributed by atoms with Crippen molar-refractivity contribution in [1.29, 1.82) is 0 Å². The second kappa shape index (κ2) is 7.02. The van der Waals surface area contributed by atoms with Gasteiger partial charge < -0.3 is 24.0 Å². The summed E-state index contributed by atoms with van der Waals surface area (Å²) in [6.07, 6.45) is -0.926. The van der Waals surface area contributed by atoms with Crippen molar-refractivity contribution < 1.29 is 23.9 Å². The number of aromatic nitrogens is 1. The van der Waals surface area contributed by atoms with Crippen LogP contribution in [-0.2, 0) is 4.74 Å². The number of hydrogen-bond acceptors (Lipinski definition) is 6. The summed E-state index contributed by atoms with van der Waals surface area (Å²) in [7, 11) is 1.59. The number of carbonyl (C=O) groups excluding carboxylic acids is 1. The van der Waals surface area contributed by atoms with E-state index in [2.05, 4.69) is 5.16 Å². The molecule has 1 atom stereocenters. The summed E-state index contributed by atoms with van der Waals surface area (Å²) in [5, 5.41) is 14.0. The maximum atomic E-state index is 12.9. The summed E-state index contributed by atoms with van der Waals surface area (Å²) in [4.78, 5) is 14.6. The summed E-state index contributed by atoms with van der Waals surface area (Å²) in [6, 6.07) is 7.18. The number of methoxy groups -OCH3 is 1. The van der Waals surface area contributed by atoms with E-state index in [-0.39, 0.29) is 11.7 Å². The third-order valence-electron chi connectivity index (χ3n) is 3.97. The molecule has 0 bridgehead atoms. The molecule has 0 radical (unpaired) electrons. The third-order valence-corrected chi connectivity index (χ3v) is 3.97. The fraction of sp³-hybridized carbons (Fsp3) is 0.412. The first kappa shape index (κ1) is 16.5. The summed E-state index contributed by atoms with van der Waals surface area (Å²) in [6.45, 7) is 3.56. The minimum absolute atomic E-state index is 0.178. The van der Waals surface area contributed by atoms with Crippen LogP contribution >= 0.6 is 0 Å². The summed E-state index contributed by atoms with van der Waals surface area (Å²) >= 11 is 0. The third kappa shape index (κ3) is 3.13. The molecule has 1 aliphatic rings. The maximum Gasteiger partial charge on any atom is 0.260 e. The van der Waals surface area contributed by atoms with E-state index in [0.717, 1.165) is 5.56 Å². The van der Waals surface area contributed by atoms with E-state index in [9.17, 15) is 9.90 Å². The average molecular weight is 332 g/mol. The van der Waals surface area contributed by atoms with E-state index >= 15 is 0 Å². The molecule has 0 aliphatic carbocycles. The predicted molar refractivity (Wildman–Crippen MR) is 85.8 cm³/mol.